The molecule has 0 spiro atoms. The predicted octanol–water partition coefficient (Wildman–Crippen LogP) is 3.77. The Balaban J connectivity index is 1.36. The number of carbonyl (C=O) groups excluding carboxylic acids is 1. The SMILES string of the molecule is COc1ccc(-c2nc(CC(=O)N3CCN(c4ccc(Cl)cn4)CC3)cs2)cc1OC. The summed E-state index contributed by atoms with van der Waals surface area (Å²) in [6, 6.07) is 9.43. The lowest BCUT2D eigenvalue weighted by atomic mass is 10.2. The maximum Gasteiger partial charge on any atom is 0.228 e. The molecule has 1 fully saturated rings. The zero-order chi connectivity index (χ0) is 21.8. The van der Waals surface area contributed by atoms with Crippen LogP contribution in [-0.2, 0) is 11.2 Å². The lowest BCUT2D eigenvalue weighted by molar-refractivity contribution is -0.130. The molecule has 1 aliphatic rings. The number of piperazine rings is 1. The van der Waals surface area contributed by atoms with Crippen LogP contribution in [0.1, 0.15) is 5.69 Å². The molecule has 31 heavy (non-hydrogen) atoms. The fraction of sp³-hybridized carbons (Fsp3) is 0.318. The molecule has 0 N–H and O–H groups in total. The van der Waals surface area contributed by atoms with Gasteiger partial charge < -0.3 is 19.3 Å². The highest BCUT2D eigenvalue weighted by Crippen LogP contribution is 2.33. The van der Waals surface area contributed by atoms with E-state index in [0.717, 1.165) is 35.2 Å². The number of hydrogen-bond acceptors (Lipinski definition) is 7. The number of methoxy groups -OCH3 is 2. The summed E-state index contributed by atoms with van der Waals surface area (Å²) in [5.74, 6) is 2.30. The summed E-state index contributed by atoms with van der Waals surface area (Å²) in [5, 5.41) is 3.41. The third kappa shape index (κ3) is 4.91. The van der Waals surface area contributed by atoms with Gasteiger partial charge in [0.15, 0.2) is 11.5 Å². The number of rotatable bonds is 6. The Bertz CT molecular complexity index is 1050. The van der Waals surface area contributed by atoms with Crippen LogP contribution >= 0.6 is 22.9 Å². The molecule has 7 nitrogen and oxygen atoms in total. The first kappa shape index (κ1) is 21.4. The molecule has 2 aromatic heterocycles. The van der Waals surface area contributed by atoms with Crippen molar-refractivity contribution in [2.24, 2.45) is 0 Å². The largest absolute Gasteiger partial charge is 0.493 e. The number of nitrogens with zero attached hydrogens (tertiary/aromatic N) is 4. The van der Waals surface area contributed by atoms with E-state index in [9.17, 15) is 4.79 Å². The number of halogens is 1. The lowest BCUT2D eigenvalue weighted by Gasteiger charge is -2.35. The van der Waals surface area contributed by atoms with E-state index < -0.39 is 0 Å². The summed E-state index contributed by atoms with van der Waals surface area (Å²) < 4.78 is 10.7. The number of hydrogen-bond donors (Lipinski definition) is 0. The molecule has 162 valence electrons. The molecule has 0 saturated carbocycles. The summed E-state index contributed by atoms with van der Waals surface area (Å²) in [4.78, 5) is 25.9. The van der Waals surface area contributed by atoms with Crippen molar-refractivity contribution in [3.05, 3.63) is 52.6 Å². The standard InChI is InChI=1S/C22H23ClN4O3S/c1-29-18-5-3-15(11-19(18)30-2)22-25-17(14-31-22)12-21(28)27-9-7-26(8-10-27)20-6-4-16(23)13-24-20/h3-6,11,13-14H,7-10,12H2,1-2H3. The first-order chi connectivity index (χ1) is 15.1. The van der Waals surface area contributed by atoms with E-state index in [-0.39, 0.29) is 5.91 Å². The minimum atomic E-state index is 0.0906. The van der Waals surface area contributed by atoms with E-state index in [4.69, 9.17) is 21.1 Å². The molecule has 0 bridgehead atoms. The molecule has 3 aromatic rings. The van der Waals surface area contributed by atoms with Gasteiger partial charge in [-0.1, -0.05) is 11.6 Å². The fourth-order valence-electron chi connectivity index (χ4n) is 3.50. The normalized spacial score (nSPS) is 13.9. The number of pyridine rings is 1. The highest BCUT2D eigenvalue weighted by Gasteiger charge is 2.23. The lowest BCUT2D eigenvalue weighted by Crippen LogP contribution is -2.49. The highest BCUT2D eigenvalue weighted by atomic mass is 35.5. The maximum absolute atomic E-state index is 12.8. The van der Waals surface area contributed by atoms with Gasteiger partial charge in [-0.2, -0.15) is 0 Å². The fourth-order valence-corrected chi connectivity index (χ4v) is 4.43. The number of amides is 1. The smallest absolute Gasteiger partial charge is 0.228 e. The predicted molar refractivity (Wildman–Crippen MR) is 122 cm³/mol. The molecule has 3 heterocycles. The van der Waals surface area contributed by atoms with Crippen LogP contribution in [0.5, 0.6) is 11.5 Å². The van der Waals surface area contributed by atoms with Gasteiger partial charge in [0.05, 0.1) is 31.4 Å². The molecule has 1 aromatic carbocycles. The molecule has 0 unspecified atom stereocenters. The minimum absolute atomic E-state index is 0.0906. The van der Waals surface area contributed by atoms with E-state index in [1.807, 2.05) is 40.6 Å². The van der Waals surface area contributed by atoms with Gasteiger partial charge in [0.1, 0.15) is 10.8 Å². The van der Waals surface area contributed by atoms with Crippen LogP contribution in [0.15, 0.2) is 41.9 Å². The average molecular weight is 459 g/mol. The quantitative estimate of drug-likeness (QED) is 0.560. The summed E-state index contributed by atoms with van der Waals surface area (Å²) in [6.45, 7) is 2.81. The summed E-state index contributed by atoms with van der Waals surface area (Å²) in [5.41, 5.74) is 1.71. The number of benzene rings is 1. The minimum Gasteiger partial charge on any atom is -0.493 e. The zero-order valence-electron chi connectivity index (χ0n) is 17.4. The Kier molecular flexibility index (Phi) is 6.58. The van der Waals surface area contributed by atoms with E-state index in [0.29, 0.717) is 36.0 Å². The van der Waals surface area contributed by atoms with Gasteiger partial charge in [0, 0.05) is 43.3 Å². The molecule has 1 saturated heterocycles. The molecule has 0 aliphatic carbocycles. The van der Waals surface area contributed by atoms with E-state index in [2.05, 4.69) is 14.9 Å². The Hall–Kier alpha value is -2.84. The maximum atomic E-state index is 12.8. The van der Waals surface area contributed by atoms with Gasteiger partial charge in [-0.05, 0) is 30.3 Å². The first-order valence-electron chi connectivity index (χ1n) is 9.88. The van der Waals surface area contributed by atoms with Crippen LogP contribution in [0.25, 0.3) is 10.6 Å². The monoisotopic (exact) mass is 458 g/mol. The van der Waals surface area contributed by atoms with Crippen LogP contribution < -0.4 is 14.4 Å². The van der Waals surface area contributed by atoms with Crippen LogP contribution in [0.2, 0.25) is 5.02 Å². The highest BCUT2D eigenvalue weighted by molar-refractivity contribution is 7.13. The summed E-state index contributed by atoms with van der Waals surface area (Å²) in [7, 11) is 3.22. The van der Waals surface area contributed by atoms with Crippen molar-refractivity contribution in [3.8, 4) is 22.1 Å². The molecular weight excluding hydrogens is 436 g/mol. The van der Waals surface area contributed by atoms with Crippen molar-refractivity contribution < 1.29 is 14.3 Å². The molecular formula is C22H23ClN4O3S. The van der Waals surface area contributed by atoms with E-state index >= 15 is 0 Å². The van der Waals surface area contributed by atoms with Gasteiger partial charge in [-0.25, -0.2) is 9.97 Å². The van der Waals surface area contributed by atoms with Crippen molar-refractivity contribution in [2.75, 3.05) is 45.3 Å². The average Bonchev–Trinajstić information content (AvgIpc) is 3.27. The molecule has 9 heteroatoms. The van der Waals surface area contributed by atoms with E-state index in [1.54, 1.807) is 20.4 Å². The van der Waals surface area contributed by atoms with Crippen molar-refractivity contribution in [3.63, 3.8) is 0 Å². The Morgan fingerprint density at radius 1 is 1.10 bits per heavy atom. The summed E-state index contributed by atoms with van der Waals surface area (Å²) >= 11 is 7.43. The number of thiazole rings is 1. The molecule has 4 rings (SSSR count). The van der Waals surface area contributed by atoms with Gasteiger partial charge in [0.25, 0.3) is 0 Å². The summed E-state index contributed by atoms with van der Waals surface area (Å²) in [6.07, 6.45) is 1.94. The van der Waals surface area contributed by atoms with Crippen molar-refractivity contribution in [1.82, 2.24) is 14.9 Å². The number of anilines is 1. The van der Waals surface area contributed by atoms with Crippen LogP contribution in [-0.4, -0.2) is 61.2 Å². The number of ether oxygens (including phenoxy) is 2. The zero-order valence-corrected chi connectivity index (χ0v) is 18.9. The second-order valence-corrected chi connectivity index (χ2v) is 8.39. The third-order valence-corrected chi connectivity index (χ3v) is 6.35. The van der Waals surface area contributed by atoms with Crippen LogP contribution in [0.4, 0.5) is 5.82 Å². The third-order valence-electron chi connectivity index (χ3n) is 5.18. The molecule has 1 amide bonds. The molecule has 0 radical (unpaired) electrons. The van der Waals surface area contributed by atoms with Gasteiger partial charge in [-0.3, -0.25) is 4.79 Å². The molecule has 0 atom stereocenters. The Morgan fingerprint density at radius 3 is 2.55 bits per heavy atom. The Morgan fingerprint density at radius 2 is 1.87 bits per heavy atom. The van der Waals surface area contributed by atoms with E-state index in [1.165, 1.54) is 11.3 Å². The second kappa shape index (κ2) is 9.53. The Labute approximate surface area is 190 Å². The van der Waals surface area contributed by atoms with Gasteiger partial charge >= 0.3 is 0 Å². The van der Waals surface area contributed by atoms with Crippen molar-refractivity contribution in [2.45, 2.75) is 6.42 Å². The number of aromatic nitrogens is 2. The van der Waals surface area contributed by atoms with Gasteiger partial charge in [-0.15, -0.1) is 11.3 Å². The van der Waals surface area contributed by atoms with Crippen LogP contribution in [0, 0.1) is 0 Å². The molecule has 1 aliphatic heterocycles. The first-order valence-corrected chi connectivity index (χ1v) is 11.1. The van der Waals surface area contributed by atoms with Crippen molar-refractivity contribution >= 4 is 34.7 Å². The van der Waals surface area contributed by atoms with Crippen LogP contribution in [0.3, 0.4) is 0 Å². The van der Waals surface area contributed by atoms with Crippen molar-refractivity contribution in [1.29, 1.82) is 0 Å². The topological polar surface area (TPSA) is 67.8 Å². The van der Waals surface area contributed by atoms with Gasteiger partial charge in [0.2, 0.25) is 5.91 Å². The number of carbonyl (C=O) groups is 1. The second-order valence-electron chi connectivity index (χ2n) is 7.09.